The van der Waals surface area contributed by atoms with Crippen molar-refractivity contribution in [1.82, 2.24) is 9.80 Å². The third-order valence-corrected chi connectivity index (χ3v) is 4.96. The van der Waals surface area contributed by atoms with Gasteiger partial charge in [0, 0.05) is 52.0 Å². The summed E-state index contributed by atoms with van der Waals surface area (Å²) in [4.78, 5) is 17.3. The number of amides is 1. The van der Waals surface area contributed by atoms with Crippen molar-refractivity contribution in [2.45, 2.75) is 31.7 Å². The van der Waals surface area contributed by atoms with E-state index in [1.165, 1.54) is 12.8 Å². The van der Waals surface area contributed by atoms with Crippen LogP contribution < -0.4 is 5.73 Å². The predicted octanol–water partition coefficient (Wildman–Crippen LogP) is 0.0485. The van der Waals surface area contributed by atoms with Gasteiger partial charge in [-0.05, 0) is 25.7 Å². The van der Waals surface area contributed by atoms with Gasteiger partial charge < -0.3 is 15.4 Å². The number of nitrogens with two attached hydrogens (primary N) is 1. The standard InChI is InChI=1S/C14H25N3O2/c15-11-14(3-9-19-10-4-14)13(18)17-7-5-16(6-8-17)12-1-2-12/h12H,1-11,15H2. The second-order valence-electron chi connectivity index (χ2n) is 6.16. The average molecular weight is 267 g/mol. The van der Waals surface area contributed by atoms with E-state index in [4.69, 9.17) is 10.5 Å². The molecule has 2 heterocycles. The lowest BCUT2D eigenvalue weighted by Crippen LogP contribution is -2.56. The van der Waals surface area contributed by atoms with Crippen molar-refractivity contribution in [3.05, 3.63) is 0 Å². The van der Waals surface area contributed by atoms with Crippen LogP contribution in [0.25, 0.3) is 0 Å². The number of carbonyl (C=O) groups is 1. The molecule has 0 radical (unpaired) electrons. The number of rotatable bonds is 3. The number of ether oxygens (including phenoxy) is 1. The van der Waals surface area contributed by atoms with E-state index in [-0.39, 0.29) is 11.3 Å². The quantitative estimate of drug-likeness (QED) is 0.785. The molecule has 0 bridgehead atoms. The minimum atomic E-state index is -0.347. The highest BCUT2D eigenvalue weighted by Crippen LogP contribution is 2.33. The summed E-state index contributed by atoms with van der Waals surface area (Å²) in [6.07, 6.45) is 4.26. The van der Waals surface area contributed by atoms with Gasteiger partial charge in [-0.15, -0.1) is 0 Å². The van der Waals surface area contributed by atoms with E-state index in [1.807, 2.05) is 4.90 Å². The molecule has 2 N–H and O–H groups in total. The Hall–Kier alpha value is -0.650. The Balaban J connectivity index is 1.59. The van der Waals surface area contributed by atoms with Crippen LogP contribution in [-0.4, -0.2) is 67.7 Å². The number of piperazine rings is 1. The minimum absolute atomic E-state index is 0.272. The summed E-state index contributed by atoms with van der Waals surface area (Å²) in [5.41, 5.74) is 5.57. The van der Waals surface area contributed by atoms with Gasteiger partial charge in [-0.3, -0.25) is 9.69 Å². The normalized spacial score (nSPS) is 28.4. The molecule has 1 amide bonds. The molecular formula is C14H25N3O2. The molecule has 1 aliphatic carbocycles. The Labute approximate surface area is 115 Å². The topological polar surface area (TPSA) is 58.8 Å². The van der Waals surface area contributed by atoms with E-state index in [2.05, 4.69) is 4.90 Å². The fourth-order valence-corrected chi connectivity index (χ4v) is 3.33. The number of hydrogen-bond donors (Lipinski definition) is 1. The Bertz CT molecular complexity index is 330. The zero-order valence-electron chi connectivity index (χ0n) is 11.6. The maximum Gasteiger partial charge on any atom is 0.230 e. The molecule has 2 aliphatic heterocycles. The molecule has 19 heavy (non-hydrogen) atoms. The van der Waals surface area contributed by atoms with E-state index in [0.29, 0.717) is 19.8 Å². The van der Waals surface area contributed by atoms with Crippen molar-refractivity contribution in [1.29, 1.82) is 0 Å². The van der Waals surface area contributed by atoms with Crippen LogP contribution in [0.2, 0.25) is 0 Å². The SMILES string of the molecule is NCC1(C(=O)N2CCN(C3CC3)CC2)CCOCC1. The van der Waals surface area contributed by atoms with Gasteiger partial charge in [-0.2, -0.15) is 0 Å². The highest BCUT2D eigenvalue weighted by Gasteiger charge is 2.42. The van der Waals surface area contributed by atoms with Gasteiger partial charge in [-0.25, -0.2) is 0 Å². The van der Waals surface area contributed by atoms with Gasteiger partial charge in [-0.1, -0.05) is 0 Å². The van der Waals surface area contributed by atoms with Gasteiger partial charge in [0.05, 0.1) is 5.41 Å². The Morgan fingerprint density at radius 2 is 1.79 bits per heavy atom. The molecule has 108 valence electrons. The molecular weight excluding hydrogens is 242 g/mol. The predicted molar refractivity (Wildman–Crippen MR) is 72.7 cm³/mol. The maximum atomic E-state index is 12.8. The van der Waals surface area contributed by atoms with Crippen LogP contribution in [0.3, 0.4) is 0 Å². The summed E-state index contributed by atoms with van der Waals surface area (Å²) in [5, 5.41) is 0. The van der Waals surface area contributed by atoms with Crippen LogP contribution in [0.5, 0.6) is 0 Å². The molecule has 3 aliphatic rings. The second-order valence-corrected chi connectivity index (χ2v) is 6.16. The third-order valence-electron chi connectivity index (χ3n) is 4.96. The molecule has 0 unspecified atom stereocenters. The molecule has 3 fully saturated rings. The molecule has 0 atom stereocenters. The van der Waals surface area contributed by atoms with E-state index in [9.17, 15) is 4.79 Å². The fraction of sp³-hybridized carbons (Fsp3) is 0.929. The van der Waals surface area contributed by atoms with E-state index in [0.717, 1.165) is 45.1 Å². The number of carbonyl (C=O) groups excluding carboxylic acids is 1. The second kappa shape index (κ2) is 5.38. The largest absolute Gasteiger partial charge is 0.381 e. The maximum absolute atomic E-state index is 12.8. The monoisotopic (exact) mass is 267 g/mol. The van der Waals surface area contributed by atoms with Crippen LogP contribution in [0, 0.1) is 5.41 Å². The van der Waals surface area contributed by atoms with Gasteiger partial charge in [0.15, 0.2) is 0 Å². The van der Waals surface area contributed by atoms with E-state index < -0.39 is 0 Å². The van der Waals surface area contributed by atoms with Gasteiger partial charge >= 0.3 is 0 Å². The van der Waals surface area contributed by atoms with Crippen LogP contribution in [0.4, 0.5) is 0 Å². The first-order valence-corrected chi connectivity index (χ1v) is 7.56. The summed E-state index contributed by atoms with van der Waals surface area (Å²) in [6.45, 7) is 5.62. The molecule has 3 rings (SSSR count). The summed E-state index contributed by atoms with van der Waals surface area (Å²) < 4.78 is 5.39. The van der Waals surface area contributed by atoms with Crippen LogP contribution >= 0.6 is 0 Å². The van der Waals surface area contributed by atoms with Gasteiger partial charge in [0.2, 0.25) is 5.91 Å². The lowest BCUT2D eigenvalue weighted by Gasteiger charge is -2.42. The minimum Gasteiger partial charge on any atom is -0.381 e. The lowest BCUT2D eigenvalue weighted by atomic mass is 9.78. The highest BCUT2D eigenvalue weighted by atomic mass is 16.5. The fourth-order valence-electron chi connectivity index (χ4n) is 3.33. The number of nitrogens with zero attached hydrogens (tertiary/aromatic N) is 2. The summed E-state index contributed by atoms with van der Waals surface area (Å²) in [7, 11) is 0. The van der Waals surface area contributed by atoms with Gasteiger partial charge in [0.25, 0.3) is 0 Å². The van der Waals surface area contributed by atoms with Crippen molar-refractivity contribution in [2.24, 2.45) is 11.1 Å². The first-order chi connectivity index (χ1) is 9.25. The first kappa shape index (κ1) is 13.3. The van der Waals surface area contributed by atoms with E-state index in [1.54, 1.807) is 0 Å². The van der Waals surface area contributed by atoms with Crippen molar-refractivity contribution in [2.75, 3.05) is 45.9 Å². The molecule has 0 aromatic heterocycles. The summed E-state index contributed by atoms with van der Waals surface area (Å²) >= 11 is 0. The molecule has 2 saturated heterocycles. The van der Waals surface area contributed by atoms with Crippen molar-refractivity contribution in [3.63, 3.8) is 0 Å². The lowest BCUT2D eigenvalue weighted by molar-refractivity contribution is -0.149. The molecule has 0 aromatic rings. The first-order valence-electron chi connectivity index (χ1n) is 7.56. The molecule has 1 saturated carbocycles. The van der Waals surface area contributed by atoms with Crippen LogP contribution in [0.1, 0.15) is 25.7 Å². The van der Waals surface area contributed by atoms with Crippen molar-refractivity contribution >= 4 is 5.91 Å². The molecule has 0 spiro atoms. The molecule has 0 aromatic carbocycles. The zero-order valence-corrected chi connectivity index (χ0v) is 11.6. The third kappa shape index (κ3) is 2.64. The zero-order chi connectivity index (χ0) is 13.3. The average Bonchev–Trinajstić information content (AvgIpc) is 3.32. The number of hydrogen-bond acceptors (Lipinski definition) is 4. The van der Waals surface area contributed by atoms with Gasteiger partial charge in [0.1, 0.15) is 0 Å². The smallest absolute Gasteiger partial charge is 0.230 e. The molecule has 5 heteroatoms. The summed E-state index contributed by atoms with van der Waals surface area (Å²) in [6, 6.07) is 0.809. The van der Waals surface area contributed by atoms with Crippen molar-refractivity contribution < 1.29 is 9.53 Å². The molecule has 5 nitrogen and oxygen atoms in total. The Morgan fingerprint density at radius 1 is 1.16 bits per heavy atom. The Kier molecular flexibility index (Phi) is 3.78. The van der Waals surface area contributed by atoms with Crippen molar-refractivity contribution in [3.8, 4) is 0 Å². The van der Waals surface area contributed by atoms with E-state index >= 15 is 0 Å². The summed E-state index contributed by atoms with van der Waals surface area (Å²) in [5.74, 6) is 0.272. The van der Waals surface area contributed by atoms with Crippen LogP contribution in [0.15, 0.2) is 0 Å². The Morgan fingerprint density at radius 3 is 2.32 bits per heavy atom. The highest BCUT2D eigenvalue weighted by molar-refractivity contribution is 5.83. The van der Waals surface area contributed by atoms with Crippen LogP contribution in [-0.2, 0) is 9.53 Å².